The summed E-state index contributed by atoms with van der Waals surface area (Å²) in [4.78, 5) is 14.4. The first kappa shape index (κ1) is 18.1. The molecule has 1 atom stereocenters. The van der Waals surface area contributed by atoms with Crippen molar-refractivity contribution in [3.8, 4) is 0 Å². The summed E-state index contributed by atoms with van der Waals surface area (Å²) in [6.07, 6.45) is 0. The van der Waals surface area contributed by atoms with Gasteiger partial charge in [0.15, 0.2) is 5.16 Å². The van der Waals surface area contributed by atoms with Crippen LogP contribution < -0.4 is 10.2 Å². The van der Waals surface area contributed by atoms with Crippen LogP contribution in [0.25, 0.3) is 0 Å². The summed E-state index contributed by atoms with van der Waals surface area (Å²) in [6.45, 7) is 13.7. The van der Waals surface area contributed by atoms with Crippen LogP contribution >= 0.6 is 11.8 Å². The summed E-state index contributed by atoms with van der Waals surface area (Å²) in [7, 11) is 0. The zero-order valence-corrected chi connectivity index (χ0v) is 15.4. The number of thioether (sulfide) groups is 1. The fourth-order valence-corrected chi connectivity index (χ4v) is 3.23. The summed E-state index contributed by atoms with van der Waals surface area (Å²) in [5.41, 5.74) is -0.233. The van der Waals surface area contributed by atoms with E-state index in [1.165, 1.54) is 11.8 Å². The SMILES string of the molecule is CCn1c(S[C@H](C)C(=O)NC(C)(C)C)nnc1N1CCOCC1. The lowest BCUT2D eigenvalue weighted by atomic mass is 10.1. The van der Waals surface area contributed by atoms with Gasteiger partial charge in [-0.15, -0.1) is 10.2 Å². The Bertz CT molecular complexity index is 534. The first-order valence-corrected chi connectivity index (χ1v) is 8.94. The second-order valence-corrected chi connectivity index (χ2v) is 7.93. The van der Waals surface area contributed by atoms with Crippen molar-refractivity contribution in [2.24, 2.45) is 0 Å². The van der Waals surface area contributed by atoms with E-state index >= 15 is 0 Å². The van der Waals surface area contributed by atoms with E-state index in [0.717, 1.165) is 30.7 Å². The molecule has 23 heavy (non-hydrogen) atoms. The molecule has 0 bridgehead atoms. The van der Waals surface area contributed by atoms with Crippen molar-refractivity contribution >= 4 is 23.6 Å². The lowest BCUT2D eigenvalue weighted by molar-refractivity contribution is -0.121. The number of ether oxygens (including phenoxy) is 1. The number of hydrogen-bond acceptors (Lipinski definition) is 6. The van der Waals surface area contributed by atoms with E-state index < -0.39 is 0 Å². The Labute approximate surface area is 142 Å². The molecule has 1 N–H and O–H groups in total. The van der Waals surface area contributed by atoms with Crippen molar-refractivity contribution in [2.75, 3.05) is 31.2 Å². The maximum atomic E-state index is 12.3. The monoisotopic (exact) mass is 341 g/mol. The van der Waals surface area contributed by atoms with Crippen molar-refractivity contribution in [2.45, 2.75) is 57.1 Å². The molecule has 1 aromatic rings. The average molecular weight is 341 g/mol. The number of hydrogen-bond donors (Lipinski definition) is 1. The van der Waals surface area contributed by atoms with Crippen LogP contribution in [-0.2, 0) is 16.1 Å². The van der Waals surface area contributed by atoms with Crippen molar-refractivity contribution < 1.29 is 9.53 Å². The van der Waals surface area contributed by atoms with E-state index in [2.05, 4.69) is 31.9 Å². The molecule has 2 heterocycles. The maximum Gasteiger partial charge on any atom is 0.233 e. The minimum atomic E-state index is -0.233. The van der Waals surface area contributed by atoms with Crippen molar-refractivity contribution in [3.63, 3.8) is 0 Å². The summed E-state index contributed by atoms with van der Waals surface area (Å²) in [6, 6.07) is 0. The molecule has 0 unspecified atom stereocenters. The Morgan fingerprint density at radius 1 is 1.35 bits per heavy atom. The highest BCUT2D eigenvalue weighted by Gasteiger charge is 2.24. The predicted molar refractivity (Wildman–Crippen MR) is 91.9 cm³/mol. The maximum absolute atomic E-state index is 12.3. The van der Waals surface area contributed by atoms with Gasteiger partial charge in [0.05, 0.1) is 18.5 Å². The molecular weight excluding hydrogens is 314 g/mol. The standard InChI is InChI=1S/C15H27N5O2S/c1-6-20-13(19-7-9-22-10-8-19)17-18-14(20)23-11(2)12(21)16-15(3,4)5/h11H,6-10H2,1-5H3,(H,16,21)/t11-/m1/s1. The highest BCUT2D eigenvalue weighted by atomic mass is 32.2. The molecule has 0 radical (unpaired) electrons. The summed E-state index contributed by atoms with van der Waals surface area (Å²) >= 11 is 1.45. The van der Waals surface area contributed by atoms with E-state index in [4.69, 9.17) is 4.74 Å². The number of carbonyl (C=O) groups excluding carboxylic acids is 1. The Hall–Kier alpha value is -1.28. The zero-order valence-electron chi connectivity index (χ0n) is 14.6. The minimum Gasteiger partial charge on any atom is -0.378 e. The van der Waals surface area contributed by atoms with Crippen LogP contribution in [0.1, 0.15) is 34.6 Å². The molecule has 0 spiro atoms. The molecule has 1 aromatic heterocycles. The van der Waals surface area contributed by atoms with Crippen LogP contribution in [0, 0.1) is 0 Å². The highest BCUT2D eigenvalue weighted by Crippen LogP contribution is 2.26. The number of nitrogens with one attached hydrogen (secondary N) is 1. The first-order valence-electron chi connectivity index (χ1n) is 8.06. The third-order valence-corrected chi connectivity index (χ3v) is 4.54. The third kappa shape index (κ3) is 4.84. The number of anilines is 1. The van der Waals surface area contributed by atoms with Gasteiger partial charge in [0.1, 0.15) is 0 Å². The topological polar surface area (TPSA) is 72.3 Å². The molecule has 0 aliphatic carbocycles. The van der Waals surface area contributed by atoms with E-state index in [-0.39, 0.29) is 16.7 Å². The van der Waals surface area contributed by atoms with Gasteiger partial charge in [0.2, 0.25) is 11.9 Å². The Kier molecular flexibility index (Phi) is 5.91. The van der Waals surface area contributed by atoms with E-state index in [9.17, 15) is 4.79 Å². The zero-order chi connectivity index (χ0) is 17.0. The fraction of sp³-hybridized carbons (Fsp3) is 0.800. The molecule has 1 amide bonds. The molecule has 1 fully saturated rings. The molecule has 130 valence electrons. The molecule has 0 aromatic carbocycles. The number of carbonyl (C=O) groups is 1. The number of aromatic nitrogens is 3. The van der Waals surface area contributed by atoms with E-state index in [1.54, 1.807) is 0 Å². The lowest BCUT2D eigenvalue weighted by Crippen LogP contribution is -2.44. The number of morpholine rings is 1. The molecule has 0 saturated carbocycles. The van der Waals surface area contributed by atoms with Gasteiger partial charge >= 0.3 is 0 Å². The normalized spacial score (nSPS) is 17.2. The molecule has 2 rings (SSSR count). The summed E-state index contributed by atoms with van der Waals surface area (Å²) in [5, 5.41) is 12.2. The third-order valence-electron chi connectivity index (χ3n) is 3.46. The Morgan fingerprint density at radius 2 is 2.00 bits per heavy atom. The quantitative estimate of drug-likeness (QED) is 0.819. The molecule has 1 aliphatic rings. The smallest absolute Gasteiger partial charge is 0.233 e. The first-order chi connectivity index (χ1) is 10.8. The lowest BCUT2D eigenvalue weighted by Gasteiger charge is -2.27. The second-order valence-electron chi connectivity index (χ2n) is 6.63. The van der Waals surface area contributed by atoms with E-state index in [0.29, 0.717) is 13.2 Å². The predicted octanol–water partition coefficient (Wildman–Crippen LogP) is 1.53. The molecular formula is C15H27N5O2S. The highest BCUT2D eigenvalue weighted by molar-refractivity contribution is 8.00. The van der Waals surface area contributed by atoms with Crippen LogP contribution in [0.2, 0.25) is 0 Å². The van der Waals surface area contributed by atoms with Gasteiger partial charge in [-0.25, -0.2) is 0 Å². The van der Waals surface area contributed by atoms with Crippen molar-refractivity contribution in [1.29, 1.82) is 0 Å². The molecule has 1 saturated heterocycles. The molecule has 7 nitrogen and oxygen atoms in total. The van der Waals surface area contributed by atoms with Crippen LogP contribution in [0.4, 0.5) is 5.95 Å². The van der Waals surface area contributed by atoms with Crippen molar-refractivity contribution in [1.82, 2.24) is 20.1 Å². The summed E-state index contributed by atoms with van der Waals surface area (Å²) < 4.78 is 7.45. The van der Waals surface area contributed by atoms with E-state index in [1.807, 2.05) is 27.7 Å². The van der Waals surface area contributed by atoms with Gasteiger partial charge in [-0.3, -0.25) is 9.36 Å². The van der Waals surface area contributed by atoms with Gasteiger partial charge in [0, 0.05) is 25.2 Å². The van der Waals surface area contributed by atoms with Crippen LogP contribution in [0.5, 0.6) is 0 Å². The largest absolute Gasteiger partial charge is 0.378 e. The average Bonchev–Trinajstić information content (AvgIpc) is 2.89. The number of amides is 1. The van der Waals surface area contributed by atoms with Crippen molar-refractivity contribution in [3.05, 3.63) is 0 Å². The van der Waals surface area contributed by atoms with Crippen LogP contribution in [-0.4, -0.2) is 57.8 Å². The second kappa shape index (κ2) is 7.53. The van der Waals surface area contributed by atoms with Gasteiger partial charge in [0.25, 0.3) is 0 Å². The minimum absolute atomic E-state index is 0.0149. The van der Waals surface area contributed by atoms with Crippen LogP contribution in [0.3, 0.4) is 0 Å². The fourth-order valence-electron chi connectivity index (χ4n) is 2.33. The van der Waals surface area contributed by atoms with Crippen LogP contribution in [0.15, 0.2) is 5.16 Å². The van der Waals surface area contributed by atoms with Gasteiger partial charge in [-0.05, 0) is 34.6 Å². The summed E-state index contributed by atoms with van der Waals surface area (Å²) in [5.74, 6) is 0.878. The van der Waals surface area contributed by atoms with Gasteiger partial charge in [-0.1, -0.05) is 11.8 Å². The number of nitrogens with zero attached hydrogens (tertiary/aromatic N) is 4. The molecule has 1 aliphatic heterocycles. The Morgan fingerprint density at radius 3 is 2.57 bits per heavy atom. The number of rotatable bonds is 5. The van der Waals surface area contributed by atoms with Gasteiger partial charge < -0.3 is 15.0 Å². The van der Waals surface area contributed by atoms with Gasteiger partial charge in [-0.2, -0.15) is 0 Å². The molecule has 8 heteroatoms. The Balaban J connectivity index is 2.08.